The van der Waals surface area contributed by atoms with Gasteiger partial charge < -0.3 is 20.3 Å². The zero-order chi connectivity index (χ0) is 19.0. The van der Waals surface area contributed by atoms with Crippen molar-refractivity contribution in [2.75, 3.05) is 38.7 Å². The van der Waals surface area contributed by atoms with Crippen LogP contribution in [0, 0.1) is 18.6 Å². The van der Waals surface area contributed by atoms with Crippen LogP contribution in [0.4, 0.5) is 25.2 Å². The molecule has 2 aromatic rings. The number of piperazine rings is 1. The number of ether oxygens (including phenoxy) is 1. The van der Waals surface area contributed by atoms with E-state index >= 15 is 0 Å². The molecule has 2 N–H and O–H groups in total. The van der Waals surface area contributed by atoms with E-state index in [4.69, 9.17) is 9.73 Å². The smallest absolute Gasteiger partial charge is 0.161 e. The van der Waals surface area contributed by atoms with E-state index in [9.17, 15) is 8.78 Å². The second-order valence-corrected chi connectivity index (χ2v) is 8.08. The van der Waals surface area contributed by atoms with Crippen LogP contribution in [0.15, 0.2) is 23.2 Å². The number of nitrogens with zero attached hydrogens (tertiary/aromatic N) is 2. The van der Waals surface area contributed by atoms with Gasteiger partial charge in [0.2, 0.25) is 0 Å². The van der Waals surface area contributed by atoms with Crippen molar-refractivity contribution in [3.8, 4) is 0 Å². The quantitative estimate of drug-likeness (QED) is 0.695. The van der Waals surface area contributed by atoms with E-state index in [0.29, 0.717) is 24.0 Å². The fraction of sp³-hybridized carbons (Fsp3) is 0.421. The van der Waals surface area contributed by atoms with Crippen molar-refractivity contribution in [2.45, 2.75) is 19.4 Å². The summed E-state index contributed by atoms with van der Waals surface area (Å²) in [5.74, 6) is -0.967. The van der Waals surface area contributed by atoms with Crippen LogP contribution in [0.1, 0.15) is 16.9 Å². The molecule has 0 saturated carbocycles. The Balaban J connectivity index is 0.00000150. The highest BCUT2D eigenvalue weighted by molar-refractivity contribution is 7.16. The third kappa shape index (κ3) is 5.00. The summed E-state index contributed by atoms with van der Waals surface area (Å²) in [7, 11) is 1.70. The fourth-order valence-electron chi connectivity index (χ4n) is 3.51. The normalized spacial score (nSPS) is 17.7. The highest BCUT2D eigenvalue weighted by atomic mass is 35.5. The number of halogens is 4. The van der Waals surface area contributed by atoms with Crippen molar-refractivity contribution in [3.05, 3.63) is 40.3 Å². The molecule has 5 nitrogen and oxygen atoms in total. The van der Waals surface area contributed by atoms with Gasteiger partial charge in [-0.15, -0.1) is 36.2 Å². The number of amidine groups is 1. The summed E-state index contributed by atoms with van der Waals surface area (Å²) in [5.41, 5.74) is 1.87. The molecule has 4 rings (SSSR count). The second-order valence-electron chi connectivity index (χ2n) is 6.82. The Labute approximate surface area is 185 Å². The summed E-state index contributed by atoms with van der Waals surface area (Å²) in [6.45, 7) is 5.15. The lowest BCUT2D eigenvalue weighted by Crippen LogP contribution is -2.53. The Hall–Kier alpha value is -1.45. The molecular formula is C19H24Cl2F2N4OS. The largest absolute Gasteiger partial charge is 0.385 e. The minimum absolute atomic E-state index is 0. The summed E-state index contributed by atoms with van der Waals surface area (Å²) < 4.78 is 32.8. The second kappa shape index (κ2) is 10.0. The summed E-state index contributed by atoms with van der Waals surface area (Å²) in [6, 6.07) is 4.71. The molecule has 2 aliphatic heterocycles. The minimum Gasteiger partial charge on any atom is -0.385 e. The number of rotatable bonds is 3. The molecule has 1 aromatic heterocycles. The topological polar surface area (TPSA) is 48.9 Å². The van der Waals surface area contributed by atoms with Crippen LogP contribution in [0.25, 0.3) is 0 Å². The minimum atomic E-state index is -0.890. The zero-order valence-corrected chi connectivity index (χ0v) is 18.6. The maximum atomic E-state index is 13.8. The Morgan fingerprint density at radius 1 is 1.24 bits per heavy atom. The zero-order valence-electron chi connectivity index (χ0n) is 16.1. The number of hydrogen-bond donors (Lipinski definition) is 2. The molecule has 1 aromatic carbocycles. The summed E-state index contributed by atoms with van der Waals surface area (Å²) in [6.07, 6.45) is 0.907. The standard InChI is InChI=1S/C19H22F2N4OS.2ClH/c1-11-7-13-18(25-5-4-22-12(10-25)3-6-26-2)23-16-8-14(20)15(21)9-17(16)24-19(13)27-11;;/h7-9,12,22,24H,3-6,10H2,1-2H3;2*1H. The van der Waals surface area contributed by atoms with Gasteiger partial charge in [0, 0.05) is 56.4 Å². The Bertz CT molecular complexity index is 893. The molecule has 0 aliphatic carbocycles. The fourth-order valence-corrected chi connectivity index (χ4v) is 4.43. The van der Waals surface area contributed by atoms with E-state index in [2.05, 4.69) is 21.6 Å². The molecule has 0 amide bonds. The number of aliphatic imine (C=N–C) groups is 1. The van der Waals surface area contributed by atoms with Gasteiger partial charge in [-0.2, -0.15) is 0 Å². The Morgan fingerprint density at radius 2 is 2.00 bits per heavy atom. The highest BCUT2D eigenvalue weighted by Crippen LogP contribution is 2.40. The van der Waals surface area contributed by atoms with E-state index in [0.717, 1.165) is 53.4 Å². The van der Waals surface area contributed by atoms with Gasteiger partial charge in [0.15, 0.2) is 11.6 Å². The highest BCUT2D eigenvalue weighted by Gasteiger charge is 2.28. The van der Waals surface area contributed by atoms with Crippen molar-refractivity contribution in [2.24, 2.45) is 4.99 Å². The molecule has 160 valence electrons. The van der Waals surface area contributed by atoms with Crippen LogP contribution in [0.2, 0.25) is 0 Å². The number of nitrogens with one attached hydrogen (secondary N) is 2. The molecule has 0 bridgehead atoms. The van der Waals surface area contributed by atoms with Crippen LogP contribution in [-0.4, -0.2) is 50.1 Å². The summed E-state index contributed by atoms with van der Waals surface area (Å²) in [4.78, 5) is 8.11. The van der Waals surface area contributed by atoms with Crippen molar-refractivity contribution in [3.63, 3.8) is 0 Å². The molecule has 1 fully saturated rings. The molecule has 29 heavy (non-hydrogen) atoms. The van der Waals surface area contributed by atoms with Crippen LogP contribution in [-0.2, 0) is 4.74 Å². The van der Waals surface area contributed by atoms with Gasteiger partial charge in [0.1, 0.15) is 10.8 Å². The van der Waals surface area contributed by atoms with E-state index < -0.39 is 11.6 Å². The van der Waals surface area contributed by atoms with Gasteiger partial charge in [-0.3, -0.25) is 0 Å². The maximum absolute atomic E-state index is 13.8. The number of aryl methyl sites for hydroxylation is 1. The molecule has 1 atom stereocenters. The number of methoxy groups -OCH3 is 1. The molecule has 0 radical (unpaired) electrons. The molecule has 2 aliphatic rings. The maximum Gasteiger partial charge on any atom is 0.161 e. The van der Waals surface area contributed by atoms with E-state index in [-0.39, 0.29) is 24.8 Å². The first-order chi connectivity index (χ1) is 13.0. The molecule has 10 heteroatoms. The Morgan fingerprint density at radius 3 is 2.76 bits per heavy atom. The predicted molar refractivity (Wildman–Crippen MR) is 119 cm³/mol. The molecule has 1 unspecified atom stereocenters. The number of fused-ring (bicyclic) bond motifs is 2. The lowest BCUT2D eigenvalue weighted by atomic mass is 10.1. The van der Waals surface area contributed by atoms with Gasteiger partial charge in [-0.1, -0.05) is 0 Å². The molecular weight excluding hydrogens is 441 g/mol. The number of hydrogen-bond acceptors (Lipinski definition) is 6. The first kappa shape index (κ1) is 23.8. The lowest BCUT2D eigenvalue weighted by molar-refractivity contribution is 0.168. The third-order valence-corrected chi connectivity index (χ3v) is 5.80. The lowest BCUT2D eigenvalue weighted by Gasteiger charge is -2.35. The number of anilines is 2. The van der Waals surface area contributed by atoms with E-state index in [1.807, 2.05) is 6.92 Å². The average molecular weight is 465 g/mol. The van der Waals surface area contributed by atoms with Crippen molar-refractivity contribution in [1.29, 1.82) is 0 Å². The van der Waals surface area contributed by atoms with Gasteiger partial charge in [-0.25, -0.2) is 13.8 Å². The number of thiophene rings is 1. The van der Waals surface area contributed by atoms with Crippen LogP contribution in [0.5, 0.6) is 0 Å². The van der Waals surface area contributed by atoms with E-state index in [1.54, 1.807) is 18.4 Å². The Kier molecular flexibility index (Phi) is 8.25. The third-order valence-electron chi connectivity index (χ3n) is 4.83. The van der Waals surface area contributed by atoms with Crippen molar-refractivity contribution >= 4 is 58.4 Å². The van der Waals surface area contributed by atoms with Gasteiger partial charge >= 0.3 is 0 Å². The SMILES string of the molecule is COCCC1CN(C2=Nc3cc(F)c(F)cc3Nc3sc(C)cc32)CCN1.Cl.Cl. The first-order valence-electron chi connectivity index (χ1n) is 8.98. The van der Waals surface area contributed by atoms with Gasteiger partial charge in [-0.05, 0) is 19.4 Å². The monoisotopic (exact) mass is 464 g/mol. The van der Waals surface area contributed by atoms with Gasteiger partial charge in [0.05, 0.1) is 16.9 Å². The molecule has 1 saturated heterocycles. The predicted octanol–water partition coefficient (Wildman–Crippen LogP) is 4.62. The average Bonchev–Trinajstić information content (AvgIpc) is 2.95. The summed E-state index contributed by atoms with van der Waals surface area (Å²) >= 11 is 1.59. The molecule has 3 heterocycles. The van der Waals surface area contributed by atoms with Crippen molar-refractivity contribution in [1.82, 2.24) is 10.2 Å². The van der Waals surface area contributed by atoms with Crippen LogP contribution in [0.3, 0.4) is 0 Å². The van der Waals surface area contributed by atoms with Crippen molar-refractivity contribution < 1.29 is 13.5 Å². The summed E-state index contributed by atoms with van der Waals surface area (Å²) in [5, 5.41) is 7.65. The first-order valence-corrected chi connectivity index (χ1v) is 9.79. The van der Waals surface area contributed by atoms with Gasteiger partial charge in [0.25, 0.3) is 0 Å². The molecule has 0 spiro atoms. The van der Waals surface area contributed by atoms with Crippen LogP contribution < -0.4 is 10.6 Å². The van der Waals surface area contributed by atoms with E-state index in [1.165, 1.54) is 6.07 Å². The van der Waals surface area contributed by atoms with Crippen LogP contribution >= 0.6 is 36.2 Å². The number of benzene rings is 1.